The maximum absolute atomic E-state index is 13.3. The summed E-state index contributed by atoms with van der Waals surface area (Å²) in [5, 5.41) is 18.2. The minimum Gasteiger partial charge on any atom is -0.507 e. The predicted molar refractivity (Wildman–Crippen MR) is 150 cm³/mol. The maximum atomic E-state index is 13.3. The Morgan fingerprint density at radius 2 is 1.70 bits per heavy atom. The Morgan fingerprint density at radius 3 is 2.49 bits per heavy atom. The number of hydrogen-bond donors (Lipinski definition) is 2. The molecule has 0 radical (unpaired) electrons. The zero-order valence-electron chi connectivity index (χ0n) is 20.3. The lowest BCUT2D eigenvalue weighted by Gasteiger charge is -2.19. The summed E-state index contributed by atoms with van der Waals surface area (Å²) in [6.07, 6.45) is 2.42. The first-order valence-corrected chi connectivity index (χ1v) is 12.8. The first-order valence-electron chi connectivity index (χ1n) is 12.0. The molecule has 0 aliphatic rings. The van der Waals surface area contributed by atoms with Gasteiger partial charge in [-0.15, -0.1) is 0 Å². The molecule has 0 aliphatic carbocycles. The molecule has 1 amide bonds. The standard InChI is InChI=1S/C29H26BrN5O2/c1-34(29(37)22-13-6-5-12-21(22)20-10-3-2-4-11-20)17-9-16-31-27-18-25(23-14-7-8-15-26(23)36)33-28-24(30)19-32-35(27)28/h2-8,10-15,18-19,31,36H,9,16-17H2,1H3. The van der Waals surface area contributed by atoms with Crippen LogP contribution in [0.5, 0.6) is 5.75 Å². The minimum absolute atomic E-state index is 0.0106. The largest absolute Gasteiger partial charge is 0.507 e. The number of aromatic hydroxyl groups is 1. The van der Waals surface area contributed by atoms with Gasteiger partial charge in [0.1, 0.15) is 11.6 Å². The second kappa shape index (κ2) is 10.8. The van der Waals surface area contributed by atoms with Gasteiger partial charge in [0.2, 0.25) is 0 Å². The summed E-state index contributed by atoms with van der Waals surface area (Å²) < 4.78 is 2.48. The van der Waals surface area contributed by atoms with Gasteiger partial charge in [0.05, 0.1) is 16.4 Å². The van der Waals surface area contributed by atoms with Crippen molar-refractivity contribution in [3.8, 4) is 28.1 Å². The summed E-state index contributed by atoms with van der Waals surface area (Å²) >= 11 is 3.51. The van der Waals surface area contributed by atoms with Gasteiger partial charge < -0.3 is 15.3 Å². The van der Waals surface area contributed by atoms with E-state index in [9.17, 15) is 9.90 Å². The molecule has 2 heterocycles. The molecule has 0 bridgehead atoms. The number of hydrogen-bond acceptors (Lipinski definition) is 5. The molecule has 0 fully saturated rings. The Balaban J connectivity index is 1.28. The fourth-order valence-electron chi connectivity index (χ4n) is 4.27. The van der Waals surface area contributed by atoms with E-state index >= 15 is 0 Å². The number of halogens is 1. The van der Waals surface area contributed by atoms with Crippen molar-refractivity contribution in [1.82, 2.24) is 19.5 Å². The van der Waals surface area contributed by atoms with Crippen LogP contribution in [0.25, 0.3) is 28.0 Å². The van der Waals surface area contributed by atoms with Crippen LogP contribution in [-0.2, 0) is 0 Å². The van der Waals surface area contributed by atoms with Crippen LogP contribution in [0.3, 0.4) is 0 Å². The van der Waals surface area contributed by atoms with Gasteiger partial charge in [-0.2, -0.15) is 9.61 Å². The molecule has 3 aromatic carbocycles. The summed E-state index contributed by atoms with van der Waals surface area (Å²) in [6.45, 7) is 1.20. The van der Waals surface area contributed by atoms with E-state index in [1.165, 1.54) is 0 Å². The molecule has 37 heavy (non-hydrogen) atoms. The molecule has 0 spiro atoms. The second-order valence-corrected chi connectivity index (χ2v) is 9.54. The zero-order chi connectivity index (χ0) is 25.8. The molecule has 8 heteroatoms. The SMILES string of the molecule is CN(CCCNc1cc(-c2ccccc2O)nc2c(Br)cnn12)C(=O)c1ccccc1-c1ccccc1. The van der Waals surface area contributed by atoms with E-state index in [4.69, 9.17) is 0 Å². The highest BCUT2D eigenvalue weighted by Gasteiger charge is 2.17. The van der Waals surface area contributed by atoms with Crippen molar-refractivity contribution >= 4 is 33.3 Å². The van der Waals surface area contributed by atoms with Crippen molar-refractivity contribution in [2.45, 2.75) is 6.42 Å². The number of para-hydroxylation sites is 1. The molecule has 2 aromatic heterocycles. The number of rotatable bonds is 8. The van der Waals surface area contributed by atoms with Gasteiger partial charge >= 0.3 is 0 Å². The zero-order valence-corrected chi connectivity index (χ0v) is 21.9. The quantitative estimate of drug-likeness (QED) is 0.226. The van der Waals surface area contributed by atoms with Crippen molar-refractivity contribution in [2.24, 2.45) is 0 Å². The van der Waals surface area contributed by atoms with Crippen molar-refractivity contribution in [3.63, 3.8) is 0 Å². The Bertz CT molecular complexity index is 1550. The van der Waals surface area contributed by atoms with E-state index < -0.39 is 0 Å². The molecule has 0 saturated heterocycles. The van der Waals surface area contributed by atoms with Crippen LogP contribution in [0.1, 0.15) is 16.8 Å². The number of nitrogens with zero attached hydrogens (tertiary/aromatic N) is 4. The Hall–Kier alpha value is -4.17. The number of benzene rings is 3. The highest BCUT2D eigenvalue weighted by molar-refractivity contribution is 9.10. The molecule has 7 nitrogen and oxygen atoms in total. The first kappa shape index (κ1) is 24.5. The van der Waals surface area contributed by atoms with E-state index in [1.54, 1.807) is 27.7 Å². The van der Waals surface area contributed by atoms with Crippen LogP contribution in [0.15, 0.2) is 95.6 Å². The average Bonchev–Trinajstić information content (AvgIpc) is 3.31. The summed E-state index contributed by atoms with van der Waals surface area (Å²) in [7, 11) is 1.83. The monoisotopic (exact) mass is 555 g/mol. The van der Waals surface area contributed by atoms with Crippen molar-refractivity contribution in [1.29, 1.82) is 0 Å². The summed E-state index contributed by atoms with van der Waals surface area (Å²) in [6, 6.07) is 26.6. The van der Waals surface area contributed by atoms with E-state index in [1.807, 2.05) is 79.8 Å². The van der Waals surface area contributed by atoms with Gasteiger partial charge in [-0.05, 0) is 51.7 Å². The molecular weight excluding hydrogens is 530 g/mol. The third kappa shape index (κ3) is 5.20. The van der Waals surface area contributed by atoms with Crippen LogP contribution in [-0.4, -0.2) is 50.6 Å². The number of amides is 1. The van der Waals surface area contributed by atoms with Gasteiger partial charge in [0, 0.05) is 37.3 Å². The third-order valence-electron chi connectivity index (χ3n) is 6.17. The summed E-state index contributed by atoms with van der Waals surface area (Å²) in [5.41, 5.74) is 4.57. The van der Waals surface area contributed by atoms with Gasteiger partial charge in [0.15, 0.2) is 5.65 Å². The van der Waals surface area contributed by atoms with Crippen molar-refractivity contribution in [2.75, 3.05) is 25.5 Å². The number of phenolic OH excluding ortho intramolecular Hbond substituents is 1. The smallest absolute Gasteiger partial charge is 0.254 e. The van der Waals surface area contributed by atoms with Gasteiger partial charge in [0.25, 0.3) is 5.91 Å². The lowest BCUT2D eigenvalue weighted by molar-refractivity contribution is 0.0795. The molecular formula is C29H26BrN5O2. The van der Waals surface area contributed by atoms with Gasteiger partial charge in [-0.3, -0.25) is 4.79 Å². The maximum Gasteiger partial charge on any atom is 0.254 e. The van der Waals surface area contributed by atoms with Crippen LogP contribution in [0, 0.1) is 0 Å². The van der Waals surface area contributed by atoms with E-state index in [2.05, 4.69) is 31.3 Å². The number of aromatic nitrogens is 3. The fraction of sp³-hybridized carbons (Fsp3) is 0.138. The normalized spacial score (nSPS) is 11.0. The molecule has 186 valence electrons. The average molecular weight is 556 g/mol. The number of phenols is 1. The molecule has 0 atom stereocenters. The van der Waals surface area contributed by atoms with Crippen LogP contribution in [0.4, 0.5) is 5.82 Å². The molecule has 5 aromatic rings. The number of carbonyl (C=O) groups excluding carboxylic acids is 1. The van der Waals surface area contributed by atoms with Crippen molar-refractivity contribution in [3.05, 3.63) is 101 Å². The van der Waals surface area contributed by atoms with Crippen molar-refractivity contribution < 1.29 is 9.90 Å². The van der Waals surface area contributed by atoms with Gasteiger partial charge in [-0.25, -0.2) is 4.98 Å². The Labute approximate surface area is 223 Å². The first-order chi connectivity index (χ1) is 18.0. The molecule has 5 rings (SSSR count). The van der Waals surface area contributed by atoms with Crippen LogP contribution in [0.2, 0.25) is 0 Å². The molecule has 0 unspecified atom stereocenters. The predicted octanol–water partition coefficient (Wildman–Crippen LogP) is 6.11. The molecule has 2 N–H and O–H groups in total. The van der Waals surface area contributed by atoms with Gasteiger partial charge in [-0.1, -0.05) is 60.7 Å². The summed E-state index contributed by atoms with van der Waals surface area (Å²) in [5.74, 6) is 0.901. The summed E-state index contributed by atoms with van der Waals surface area (Å²) in [4.78, 5) is 19.7. The fourth-order valence-corrected chi connectivity index (χ4v) is 4.62. The lowest BCUT2D eigenvalue weighted by atomic mass is 9.99. The highest BCUT2D eigenvalue weighted by Crippen LogP contribution is 2.31. The van der Waals surface area contributed by atoms with E-state index in [0.29, 0.717) is 35.6 Å². The topological polar surface area (TPSA) is 82.8 Å². The van der Waals surface area contributed by atoms with Crippen LogP contribution < -0.4 is 5.32 Å². The number of carbonyl (C=O) groups is 1. The lowest BCUT2D eigenvalue weighted by Crippen LogP contribution is -2.29. The van der Waals surface area contributed by atoms with Crippen LogP contribution >= 0.6 is 15.9 Å². The van der Waals surface area contributed by atoms with E-state index in [0.717, 1.165) is 27.8 Å². The molecule has 0 saturated carbocycles. The number of nitrogens with one attached hydrogen (secondary N) is 1. The highest BCUT2D eigenvalue weighted by atomic mass is 79.9. The molecule has 0 aliphatic heterocycles. The minimum atomic E-state index is -0.0106. The van der Waals surface area contributed by atoms with E-state index in [-0.39, 0.29) is 11.7 Å². The third-order valence-corrected chi connectivity index (χ3v) is 6.73. The second-order valence-electron chi connectivity index (χ2n) is 8.69. The number of anilines is 1. The number of fused-ring (bicyclic) bond motifs is 1. The Kier molecular flexibility index (Phi) is 7.18. The Morgan fingerprint density at radius 1 is 1.00 bits per heavy atom.